The first-order valence-electron chi connectivity index (χ1n) is 7.50. The SMILES string of the molecule is Cc1oc(CN(C)C(=O)C2CC23CCCC3)cc1C(=O)O. The molecule has 1 N–H and O–H groups in total. The smallest absolute Gasteiger partial charge is 0.339 e. The molecule has 0 aromatic carbocycles. The number of carbonyl (C=O) groups is 2. The Morgan fingerprint density at radius 1 is 1.43 bits per heavy atom. The Bertz CT molecular complexity index is 583. The maximum Gasteiger partial charge on any atom is 0.339 e. The third-order valence-corrected chi connectivity index (χ3v) is 5.06. The van der Waals surface area contributed by atoms with Crippen molar-refractivity contribution in [2.75, 3.05) is 7.05 Å². The molecule has 1 spiro atoms. The van der Waals surface area contributed by atoms with E-state index in [4.69, 9.17) is 9.52 Å². The van der Waals surface area contributed by atoms with Crippen LogP contribution in [0, 0.1) is 18.3 Å². The molecule has 1 amide bonds. The van der Waals surface area contributed by atoms with E-state index in [1.807, 2.05) is 0 Å². The van der Waals surface area contributed by atoms with Crippen molar-refractivity contribution in [3.8, 4) is 0 Å². The summed E-state index contributed by atoms with van der Waals surface area (Å²) in [7, 11) is 1.77. The molecular weight excluding hydrogens is 270 g/mol. The molecule has 21 heavy (non-hydrogen) atoms. The van der Waals surface area contributed by atoms with Crippen LogP contribution in [0.1, 0.15) is 54.0 Å². The summed E-state index contributed by atoms with van der Waals surface area (Å²) in [6, 6.07) is 1.51. The summed E-state index contributed by atoms with van der Waals surface area (Å²) in [6.45, 7) is 1.96. The van der Waals surface area contributed by atoms with Crippen molar-refractivity contribution in [1.82, 2.24) is 4.90 Å². The van der Waals surface area contributed by atoms with Crippen LogP contribution in [0.4, 0.5) is 0 Å². The lowest BCUT2D eigenvalue weighted by atomic mass is 10.0. The maximum atomic E-state index is 12.5. The number of furan rings is 1. The Morgan fingerprint density at radius 2 is 2.10 bits per heavy atom. The highest BCUT2D eigenvalue weighted by Gasteiger charge is 2.59. The lowest BCUT2D eigenvalue weighted by molar-refractivity contribution is -0.132. The van der Waals surface area contributed by atoms with Gasteiger partial charge in [0.05, 0.1) is 6.54 Å². The number of aryl methyl sites for hydroxylation is 1. The molecule has 2 aliphatic rings. The number of carbonyl (C=O) groups excluding carboxylic acids is 1. The summed E-state index contributed by atoms with van der Waals surface area (Å²) < 4.78 is 5.44. The fourth-order valence-electron chi connectivity index (χ4n) is 3.74. The molecule has 2 fully saturated rings. The molecule has 1 heterocycles. The number of hydrogen-bond acceptors (Lipinski definition) is 3. The van der Waals surface area contributed by atoms with E-state index in [1.165, 1.54) is 31.7 Å². The van der Waals surface area contributed by atoms with Crippen molar-refractivity contribution in [3.63, 3.8) is 0 Å². The monoisotopic (exact) mass is 291 g/mol. The van der Waals surface area contributed by atoms with Gasteiger partial charge in [-0.05, 0) is 37.7 Å². The van der Waals surface area contributed by atoms with Gasteiger partial charge in [0.15, 0.2) is 0 Å². The van der Waals surface area contributed by atoms with Crippen LogP contribution in [-0.4, -0.2) is 28.9 Å². The van der Waals surface area contributed by atoms with Crippen molar-refractivity contribution in [2.24, 2.45) is 11.3 Å². The second kappa shape index (κ2) is 4.90. The number of hydrogen-bond donors (Lipinski definition) is 1. The largest absolute Gasteiger partial charge is 0.478 e. The predicted molar refractivity (Wildman–Crippen MR) is 75.9 cm³/mol. The standard InChI is InChI=1S/C16H21NO4/c1-10-12(15(19)20)7-11(21-10)9-17(2)14(18)13-8-16(13)5-3-4-6-16/h7,13H,3-6,8-9H2,1-2H3,(H,19,20). The van der Waals surface area contributed by atoms with Gasteiger partial charge < -0.3 is 14.4 Å². The van der Waals surface area contributed by atoms with E-state index < -0.39 is 5.97 Å². The highest BCUT2D eigenvalue weighted by Crippen LogP contribution is 2.63. The number of rotatable bonds is 4. The normalized spacial score (nSPS) is 22.5. The van der Waals surface area contributed by atoms with Gasteiger partial charge in [-0.15, -0.1) is 0 Å². The van der Waals surface area contributed by atoms with E-state index in [0.717, 1.165) is 6.42 Å². The van der Waals surface area contributed by atoms with E-state index in [0.29, 0.717) is 18.1 Å². The van der Waals surface area contributed by atoms with Gasteiger partial charge in [0.1, 0.15) is 17.1 Å². The van der Waals surface area contributed by atoms with Crippen LogP contribution >= 0.6 is 0 Å². The minimum absolute atomic E-state index is 0.167. The lowest BCUT2D eigenvalue weighted by Crippen LogP contribution is -2.29. The molecule has 0 saturated heterocycles. The topological polar surface area (TPSA) is 70.8 Å². The molecule has 1 unspecified atom stereocenters. The minimum Gasteiger partial charge on any atom is -0.478 e. The molecular formula is C16H21NO4. The molecule has 0 aliphatic heterocycles. The Kier molecular flexibility index (Phi) is 3.30. The number of amides is 1. The van der Waals surface area contributed by atoms with Gasteiger partial charge >= 0.3 is 5.97 Å². The van der Waals surface area contributed by atoms with E-state index in [-0.39, 0.29) is 22.8 Å². The minimum atomic E-state index is -0.997. The second-order valence-electron chi connectivity index (χ2n) is 6.51. The molecule has 1 atom stereocenters. The molecule has 1 aromatic heterocycles. The quantitative estimate of drug-likeness (QED) is 0.926. The van der Waals surface area contributed by atoms with Crippen LogP contribution in [0.25, 0.3) is 0 Å². The van der Waals surface area contributed by atoms with Crippen molar-refractivity contribution >= 4 is 11.9 Å². The number of aromatic carboxylic acids is 1. The fourth-order valence-corrected chi connectivity index (χ4v) is 3.74. The van der Waals surface area contributed by atoms with Gasteiger partial charge in [-0.25, -0.2) is 4.79 Å². The van der Waals surface area contributed by atoms with Crippen molar-refractivity contribution in [3.05, 3.63) is 23.2 Å². The van der Waals surface area contributed by atoms with Gasteiger partial charge in [-0.1, -0.05) is 12.8 Å². The third-order valence-electron chi connectivity index (χ3n) is 5.06. The molecule has 3 rings (SSSR count). The molecule has 2 aliphatic carbocycles. The number of carboxylic acids is 1. The highest BCUT2D eigenvalue weighted by atomic mass is 16.4. The molecule has 114 valence electrons. The van der Waals surface area contributed by atoms with Crippen LogP contribution < -0.4 is 0 Å². The molecule has 1 aromatic rings. The fraction of sp³-hybridized carbons (Fsp3) is 0.625. The first-order valence-corrected chi connectivity index (χ1v) is 7.50. The van der Waals surface area contributed by atoms with Crippen LogP contribution in [0.15, 0.2) is 10.5 Å². The van der Waals surface area contributed by atoms with E-state index in [2.05, 4.69) is 0 Å². The summed E-state index contributed by atoms with van der Waals surface area (Å²) in [5.74, 6) is 0.255. The van der Waals surface area contributed by atoms with Crippen LogP contribution in [0.5, 0.6) is 0 Å². The average molecular weight is 291 g/mol. The zero-order valence-corrected chi connectivity index (χ0v) is 12.5. The third kappa shape index (κ3) is 2.45. The average Bonchev–Trinajstić information content (AvgIpc) is 2.74. The summed E-state index contributed by atoms with van der Waals surface area (Å²) in [5.41, 5.74) is 0.459. The molecule has 0 radical (unpaired) electrons. The zero-order chi connectivity index (χ0) is 15.2. The molecule has 0 bridgehead atoms. The lowest BCUT2D eigenvalue weighted by Gasteiger charge is -2.17. The van der Waals surface area contributed by atoms with Gasteiger partial charge in [-0.2, -0.15) is 0 Å². The van der Waals surface area contributed by atoms with Gasteiger partial charge in [0.25, 0.3) is 0 Å². The molecule has 5 nitrogen and oxygen atoms in total. The Balaban J connectivity index is 1.64. The van der Waals surface area contributed by atoms with Gasteiger partial charge in [-0.3, -0.25) is 4.79 Å². The first-order chi connectivity index (χ1) is 9.93. The van der Waals surface area contributed by atoms with Crippen molar-refractivity contribution in [1.29, 1.82) is 0 Å². The maximum absolute atomic E-state index is 12.5. The van der Waals surface area contributed by atoms with Gasteiger partial charge in [0, 0.05) is 13.0 Å². The predicted octanol–water partition coefficient (Wildman–Crippen LogP) is 2.82. The Labute approximate surface area is 123 Å². The highest BCUT2D eigenvalue weighted by molar-refractivity contribution is 5.89. The van der Waals surface area contributed by atoms with Crippen molar-refractivity contribution < 1.29 is 19.1 Å². The van der Waals surface area contributed by atoms with Gasteiger partial charge in [0.2, 0.25) is 5.91 Å². The second-order valence-corrected chi connectivity index (χ2v) is 6.51. The van der Waals surface area contributed by atoms with Crippen LogP contribution in [0.2, 0.25) is 0 Å². The summed E-state index contributed by atoms with van der Waals surface area (Å²) >= 11 is 0. The van der Waals surface area contributed by atoms with E-state index >= 15 is 0 Å². The molecule has 2 saturated carbocycles. The van der Waals surface area contributed by atoms with Crippen LogP contribution in [-0.2, 0) is 11.3 Å². The molecule has 5 heteroatoms. The Morgan fingerprint density at radius 3 is 2.67 bits per heavy atom. The van der Waals surface area contributed by atoms with E-state index in [1.54, 1.807) is 18.9 Å². The van der Waals surface area contributed by atoms with E-state index in [9.17, 15) is 9.59 Å². The van der Waals surface area contributed by atoms with Crippen molar-refractivity contribution in [2.45, 2.75) is 45.6 Å². The first kappa shape index (κ1) is 14.2. The number of nitrogens with zero attached hydrogens (tertiary/aromatic N) is 1. The Hall–Kier alpha value is -1.78. The summed E-state index contributed by atoms with van der Waals surface area (Å²) in [5, 5.41) is 9.02. The summed E-state index contributed by atoms with van der Waals surface area (Å²) in [6.07, 6.45) is 5.87. The van der Waals surface area contributed by atoms with Crippen LogP contribution in [0.3, 0.4) is 0 Å². The summed E-state index contributed by atoms with van der Waals surface area (Å²) in [4.78, 5) is 25.1. The number of carboxylic acid groups (broad SMARTS) is 1. The zero-order valence-electron chi connectivity index (χ0n) is 12.5.